The molecule has 0 radical (unpaired) electrons. The number of fused-ring (bicyclic) bond motifs is 1. The molecule has 0 spiro atoms. The van der Waals surface area contributed by atoms with Gasteiger partial charge in [0.25, 0.3) is 5.91 Å². The van der Waals surface area contributed by atoms with Gasteiger partial charge in [-0.1, -0.05) is 41.9 Å². The highest BCUT2D eigenvalue weighted by Gasteiger charge is 2.26. The van der Waals surface area contributed by atoms with Crippen molar-refractivity contribution in [3.63, 3.8) is 0 Å². The zero-order valence-corrected chi connectivity index (χ0v) is 13.0. The molecule has 0 bridgehead atoms. The molecule has 1 aliphatic heterocycles. The monoisotopic (exact) mass is 325 g/mol. The number of hydrogen-bond acceptors (Lipinski definition) is 2. The van der Waals surface area contributed by atoms with Gasteiger partial charge in [-0.25, -0.2) is 0 Å². The molecule has 0 aliphatic carbocycles. The highest BCUT2D eigenvalue weighted by molar-refractivity contribution is 9.09. The van der Waals surface area contributed by atoms with E-state index in [1.54, 1.807) is 0 Å². The number of carbonyl (C=O) groups excluding carboxylic acids is 1. The van der Waals surface area contributed by atoms with Crippen LogP contribution in [0.2, 0.25) is 0 Å². The summed E-state index contributed by atoms with van der Waals surface area (Å²) in [5, 5.41) is 0.914. The Morgan fingerprint density at radius 1 is 1.37 bits per heavy atom. The van der Waals surface area contributed by atoms with E-state index in [2.05, 4.69) is 29.8 Å². The van der Waals surface area contributed by atoms with E-state index in [1.165, 1.54) is 0 Å². The van der Waals surface area contributed by atoms with Gasteiger partial charge < -0.3 is 9.64 Å². The fourth-order valence-corrected chi connectivity index (χ4v) is 3.15. The van der Waals surface area contributed by atoms with Crippen LogP contribution in [0.5, 0.6) is 5.75 Å². The second-order valence-electron chi connectivity index (χ2n) is 5.25. The summed E-state index contributed by atoms with van der Waals surface area (Å²) in [5.74, 6) is 1.80. The molecule has 1 unspecified atom stereocenters. The predicted octanol–water partition coefficient (Wildman–Crippen LogP) is 3.19. The van der Waals surface area contributed by atoms with Crippen LogP contribution < -0.4 is 4.74 Å². The Hall–Kier alpha value is -1.03. The molecule has 1 heterocycles. The molecule has 3 nitrogen and oxygen atoms in total. The Bertz CT molecular complexity index is 448. The van der Waals surface area contributed by atoms with Gasteiger partial charge in [0, 0.05) is 11.9 Å². The summed E-state index contributed by atoms with van der Waals surface area (Å²) in [7, 11) is 0. The first-order valence-electron chi connectivity index (χ1n) is 6.70. The first-order chi connectivity index (χ1) is 9.13. The van der Waals surface area contributed by atoms with E-state index in [0.29, 0.717) is 36.3 Å². The third-order valence-corrected chi connectivity index (χ3v) is 4.45. The quantitative estimate of drug-likeness (QED) is 0.796. The molecule has 1 atom stereocenters. The minimum absolute atomic E-state index is 0.0831. The van der Waals surface area contributed by atoms with Gasteiger partial charge in [0.05, 0.1) is 12.1 Å². The van der Waals surface area contributed by atoms with E-state index in [-0.39, 0.29) is 5.91 Å². The predicted molar refractivity (Wildman–Crippen MR) is 80.0 cm³/mol. The summed E-state index contributed by atoms with van der Waals surface area (Å²) in [4.78, 5) is 14.5. The van der Waals surface area contributed by atoms with Gasteiger partial charge in [0.2, 0.25) is 0 Å². The normalized spacial score (nSPS) is 16.8. The van der Waals surface area contributed by atoms with Crippen LogP contribution in [0.15, 0.2) is 24.3 Å². The maximum Gasteiger partial charge on any atom is 0.257 e. The Morgan fingerprint density at radius 2 is 2.11 bits per heavy atom. The number of amides is 1. The number of benzene rings is 1. The number of carbonyl (C=O) groups is 1. The molecule has 0 saturated carbocycles. The van der Waals surface area contributed by atoms with Gasteiger partial charge in [-0.2, -0.15) is 0 Å². The van der Waals surface area contributed by atoms with E-state index in [1.807, 2.05) is 29.2 Å². The molecule has 2 rings (SSSR count). The molecule has 0 saturated heterocycles. The van der Waals surface area contributed by atoms with Crippen molar-refractivity contribution in [3.8, 4) is 5.75 Å². The number of hydrogen-bond donors (Lipinski definition) is 0. The van der Waals surface area contributed by atoms with Gasteiger partial charge in [-0.3, -0.25) is 4.79 Å². The van der Waals surface area contributed by atoms with Crippen molar-refractivity contribution in [2.24, 2.45) is 11.8 Å². The molecular weight excluding hydrogens is 306 g/mol. The molecule has 1 amide bonds. The van der Waals surface area contributed by atoms with Crippen LogP contribution in [0, 0.1) is 11.8 Å². The van der Waals surface area contributed by atoms with Crippen molar-refractivity contribution in [1.82, 2.24) is 4.90 Å². The molecule has 0 aromatic heterocycles. The standard InChI is InChI=1S/C15H20BrNO2/c1-11(2)12(9-16)10-17-7-8-19-14-6-4-3-5-13(14)15(17)18/h3-6,11-12H,7-10H2,1-2H3. The Kier molecular flexibility index (Phi) is 4.86. The fraction of sp³-hybridized carbons (Fsp3) is 0.533. The lowest BCUT2D eigenvalue weighted by Crippen LogP contribution is -2.38. The average molecular weight is 326 g/mol. The van der Waals surface area contributed by atoms with Crippen LogP contribution in [0.3, 0.4) is 0 Å². The van der Waals surface area contributed by atoms with Crippen LogP contribution in [-0.2, 0) is 0 Å². The summed E-state index contributed by atoms with van der Waals surface area (Å²) in [5.41, 5.74) is 0.678. The van der Waals surface area contributed by atoms with E-state index in [0.717, 1.165) is 11.9 Å². The lowest BCUT2D eigenvalue weighted by Gasteiger charge is -2.27. The highest BCUT2D eigenvalue weighted by atomic mass is 79.9. The third kappa shape index (κ3) is 3.30. The van der Waals surface area contributed by atoms with Crippen LogP contribution in [0.25, 0.3) is 0 Å². The minimum atomic E-state index is 0.0831. The zero-order chi connectivity index (χ0) is 13.8. The van der Waals surface area contributed by atoms with E-state index >= 15 is 0 Å². The summed E-state index contributed by atoms with van der Waals surface area (Å²) in [6.45, 7) is 6.39. The number of nitrogens with zero attached hydrogens (tertiary/aromatic N) is 1. The molecule has 0 fully saturated rings. The molecule has 4 heteroatoms. The molecule has 1 aliphatic rings. The largest absolute Gasteiger partial charge is 0.491 e. The smallest absolute Gasteiger partial charge is 0.257 e. The van der Waals surface area contributed by atoms with Gasteiger partial charge in [0.1, 0.15) is 12.4 Å². The van der Waals surface area contributed by atoms with Crippen LogP contribution in [0.4, 0.5) is 0 Å². The maximum absolute atomic E-state index is 12.5. The van der Waals surface area contributed by atoms with Gasteiger partial charge in [-0.05, 0) is 24.0 Å². The minimum Gasteiger partial charge on any atom is -0.491 e. The molecule has 1 aromatic carbocycles. The summed E-state index contributed by atoms with van der Waals surface area (Å²) in [6.07, 6.45) is 0. The fourth-order valence-electron chi connectivity index (χ4n) is 2.20. The van der Waals surface area contributed by atoms with Crippen molar-refractivity contribution in [3.05, 3.63) is 29.8 Å². The van der Waals surface area contributed by atoms with Crippen LogP contribution >= 0.6 is 15.9 Å². The highest BCUT2D eigenvalue weighted by Crippen LogP contribution is 2.24. The average Bonchev–Trinajstić information content (AvgIpc) is 2.56. The van der Waals surface area contributed by atoms with Crippen molar-refractivity contribution in [2.45, 2.75) is 13.8 Å². The van der Waals surface area contributed by atoms with Crippen LogP contribution in [-0.4, -0.2) is 35.8 Å². The van der Waals surface area contributed by atoms with Crippen molar-refractivity contribution in [1.29, 1.82) is 0 Å². The second kappa shape index (κ2) is 6.42. The lowest BCUT2D eigenvalue weighted by atomic mass is 9.97. The SMILES string of the molecule is CC(C)C(CBr)CN1CCOc2ccccc2C1=O. The number of rotatable bonds is 4. The second-order valence-corrected chi connectivity index (χ2v) is 5.90. The molecule has 0 N–H and O–H groups in total. The Morgan fingerprint density at radius 3 is 2.79 bits per heavy atom. The topological polar surface area (TPSA) is 29.5 Å². The van der Waals surface area contributed by atoms with Gasteiger partial charge >= 0.3 is 0 Å². The summed E-state index contributed by atoms with van der Waals surface area (Å²) >= 11 is 3.55. The van der Waals surface area contributed by atoms with Gasteiger partial charge in [-0.15, -0.1) is 0 Å². The zero-order valence-electron chi connectivity index (χ0n) is 11.4. The first kappa shape index (κ1) is 14.4. The number of ether oxygens (including phenoxy) is 1. The van der Waals surface area contributed by atoms with Gasteiger partial charge in [0.15, 0.2) is 0 Å². The number of para-hydroxylation sites is 1. The van der Waals surface area contributed by atoms with Crippen molar-refractivity contribution in [2.75, 3.05) is 25.0 Å². The Labute approximate surface area is 123 Å². The molecular formula is C15H20BrNO2. The van der Waals surface area contributed by atoms with Crippen molar-refractivity contribution >= 4 is 21.8 Å². The Balaban J connectivity index is 2.17. The van der Waals surface area contributed by atoms with E-state index < -0.39 is 0 Å². The number of halogens is 1. The maximum atomic E-state index is 12.5. The van der Waals surface area contributed by atoms with E-state index in [4.69, 9.17) is 4.74 Å². The summed E-state index contributed by atoms with van der Waals surface area (Å²) < 4.78 is 5.65. The van der Waals surface area contributed by atoms with E-state index in [9.17, 15) is 4.79 Å². The molecule has 1 aromatic rings. The van der Waals surface area contributed by atoms with Crippen molar-refractivity contribution < 1.29 is 9.53 Å². The molecule has 104 valence electrons. The first-order valence-corrected chi connectivity index (χ1v) is 7.82. The third-order valence-electron chi connectivity index (χ3n) is 3.62. The molecule has 19 heavy (non-hydrogen) atoms. The van der Waals surface area contributed by atoms with Crippen LogP contribution in [0.1, 0.15) is 24.2 Å². The number of alkyl halides is 1. The lowest BCUT2D eigenvalue weighted by molar-refractivity contribution is 0.0719. The summed E-state index contributed by atoms with van der Waals surface area (Å²) in [6, 6.07) is 7.49.